The van der Waals surface area contributed by atoms with Gasteiger partial charge in [0.05, 0.1) is 13.0 Å². The molecule has 0 radical (unpaired) electrons. The molecule has 0 aromatic rings. The summed E-state index contributed by atoms with van der Waals surface area (Å²) in [5.41, 5.74) is 0. The van der Waals surface area contributed by atoms with Crippen LogP contribution in [0, 0.1) is 5.92 Å². The van der Waals surface area contributed by atoms with E-state index >= 15 is 0 Å². The third-order valence-electron chi connectivity index (χ3n) is 2.87. The normalized spacial score (nSPS) is 23.8. The third-order valence-corrected chi connectivity index (χ3v) is 2.87. The lowest BCUT2D eigenvalue weighted by Crippen LogP contribution is -2.40. The van der Waals surface area contributed by atoms with Gasteiger partial charge in [0.15, 0.2) is 0 Å². The van der Waals surface area contributed by atoms with E-state index in [4.69, 9.17) is 0 Å². The fraction of sp³-hybridized carbons (Fsp3) is 0.800. The number of hydrogen-bond donors (Lipinski definition) is 0. The van der Waals surface area contributed by atoms with Gasteiger partial charge in [0.25, 0.3) is 0 Å². The van der Waals surface area contributed by atoms with Crippen molar-refractivity contribution in [3.8, 4) is 0 Å². The second-order valence-corrected chi connectivity index (χ2v) is 3.60. The number of carbonyl (C=O) groups excluding carboxylic acids is 2. The molecule has 0 saturated carbocycles. The van der Waals surface area contributed by atoms with E-state index in [0.29, 0.717) is 13.0 Å². The van der Waals surface area contributed by atoms with Crippen LogP contribution in [0.3, 0.4) is 0 Å². The highest BCUT2D eigenvalue weighted by molar-refractivity contribution is 5.81. The van der Waals surface area contributed by atoms with Gasteiger partial charge in [0, 0.05) is 19.0 Å². The maximum atomic E-state index is 11.4. The molecule has 1 aliphatic rings. The molecule has 4 heteroatoms. The third kappa shape index (κ3) is 1.89. The van der Waals surface area contributed by atoms with E-state index in [1.807, 2.05) is 13.8 Å². The van der Waals surface area contributed by atoms with Crippen LogP contribution in [0.15, 0.2) is 0 Å². The Kier molecular flexibility index (Phi) is 3.49. The minimum absolute atomic E-state index is 0.0277. The summed E-state index contributed by atoms with van der Waals surface area (Å²) in [4.78, 5) is 24.5. The molecule has 80 valence electrons. The standard InChI is InChI=1S/C10H17NO3/c1-4-11-8(5-6-9(11)12)7(2)10(13)14-3/h7-8H,4-6H2,1-3H3. The molecule has 1 aliphatic heterocycles. The van der Waals surface area contributed by atoms with Crippen LogP contribution >= 0.6 is 0 Å². The van der Waals surface area contributed by atoms with Gasteiger partial charge in [-0.3, -0.25) is 9.59 Å². The largest absolute Gasteiger partial charge is 0.469 e. The smallest absolute Gasteiger partial charge is 0.310 e. The highest BCUT2D eigenvalue weighted by atomic mass is 16.5. The van der Waals surface area contributed by atoms with Gasteiger partial charge >= 0.3 is 5.97 Å². The number of nitrogens with zero attached hydrogens (tertiary/aromatic N) is 1. The zero-order valence-electron chi connectivity index (χ0n) is 8.95. The van der Waals surface area contributed by atoms with Crippen LogP contribution in [0.2, 0.25) is 0 Å². The van der Waals surface area contributed by atoms with Crippen molar-refractivity contribution < 1.29 is 14.3 Å². The van der Waals surface area contributed by atoms with Crippen LogP contribution in [-0.4, -0.2) is 36.5 Å². The van der Waals surface area contributed by atoms with Crippen molar-refractivity contribution in [3.63, 3.8) is 0 Å². The topological polar surface area (TPSA) is 46.6 Å². The van der Waals surface area contributed by atoms with Crippen LogP contribution in [0.4, 0.5) is 0 Å². The Bertz CT molecular complexity index is 240. The first-order valence-corrected chi connectivity index (χ1v) is 4.99. The molecule has 0 spiro atoms. The Hall–Kier alpha value is -1.06. The molecule has 1 amide bonds. The molecule has 1 saturated heterocycles. The number of ether oxygens (including phenoxy) is 1. The number of rotatable bonds is 3. The number of hydrogen-bond acceptors (Lipinski definition) is 3. The molecule has 4 nitrogen and oxygen atoms in total. The maximum absolute atomic E-state index is 11.4. The number of esters is 1. The highest BCUT2D eigenvalue weighted by Crippen LogP contribution is 2.25. The molecule has 1 rings (SSSR count). The van der Waals surface area contributed by atoms with Gasteiger partial charge < -0.3 is 9.64 Å². The second-order valence-electron chi connectivity index (χ2n) is 3.60. The fourth-order valence-corrected chi connectivity index (χ4v) is 2.03. The fourth-order valence-electron chi connectivity index (χ4n) is 2.03. The predicted octanol–water partition coefficient (Wildman–Crippen LogP) is 0.806. The van der Waals surface area contributed by atoms with Crippen LogP contribution in [0.1, 0.15) is 26.7 Å². The monoisotopic (exact) mass is 199 g/mol. The Morgan fingerprint density at radius 1 is 1.71 bits per heavy atom. The highest BCUT2D eigenvalue weighted by Gasteiger charge is 2.36. The van der Waals surface area contributed by atoms with Crippen molar-refractivity contribution in [1.29, 1.82) is 0 Å². The molecule has 0 aliphatic carbocycles. The molecule has 1 fully saturated rings. The maximum Gasteiger partial charge on any atom is 0.310 e. The molecule has 1 heterocycles. The van der Waals surface area contributed by atoms with Crippen molar-refractivity contribution in [1.82, 2.24) is 4.90 Å². The van der Waals surface area contributed by atoms with Gasteiger partial charge in [-0.05, 0) is 20.3 Å². The summed E-state index contributed by atoms with van der Waals surface area (Å²) in [5.74, 6) is -0.303. The Morgan fingerprint density at radius 2 is 2.36 bits per heavy atom. The summed E-state index contributed by atoms with van der Waals surface area (Å²) in [5, 5.41) is 0. The molecule has 0 aromatic heterocycles. The molecule has 2 unspecified atom stereocenters. The van der Waals surface area contributed by atoms with Gasteiger partial charge in [0.1, 0.15) is 0 Å². The lowest BCUT2D eigenvalue weighted by molar-refractivity contribution is -0.147. The quantitative estimate of drug-likeness (QED) is 0.632. The number of methoxy groups -OCH3 is 1. The van der Waals surface area contributed by atoms with E-state index in [-0.39, 0.29) is 23.8 Å². The van der Waals surface area contributed by atoms with Gasteiger partial charge in [-0.2, -0.15) is 0 Å². The zero-order valence-corrected chi connectivity index (χ0v) is 8.95. The Morgan fingerprint density at radius 3 is 2.86 bits per heavy atom. The molecular weight excluding hydrogens is 182 g/mol. The minimum Gasteiger partial charge on any atom is -0.469 e. The Balaban J connectivity index is 2.68. The summed E-state index contributed by atoms with van der Waals surface area (Å²) < 4.78 is 4.68. The zero-order chi connectivity index (χ0) is 10.7. The minimum atomic E-state index is -0.233. The van der Waals surface area contributed by atoms with Crippen LogP contribution in [0.25, 0.3) is 0 Å². The van der Waals surface area contributed by atoms with Gasteiger partial charge in [-0.15, -0.1) is 0 Å². The van der Waals surface area contributed by atoms with Crippen molar-refractivity contribution in [2.24, 2.45) is 5.92 Å². The number of amides is 1. The van der Waals surface area contributed by atoms with Gasteiger partial charge in [-0.25, -0.2) is 0 Å². The lowest BCUT2D eigenvalue weighted by Gasteiger charge is -2.26. The summed E-state index contributed by atoms with van der Waals surface area (Å²) in [7, 11) is 1.38. The lowest BCUT2D eigenvalue weighted by atomic mass is 10.00. The first kappa shape index (κ1) is 11.0. The van der Waals surface area contributed by atoms with Crippen LogP contribution in [-0.2, 0) is 14.3 Å². The van der Waals surface area contributed by atoms with E-state index in [9.17, 15) is 9.59 Å². The molecule has 14 heavy (non-hydrogen) atoms. The van der Waals surface area contributed by atoms with Gasteiger partial charge in [-0.1, -0.05) is 0 Å². The van der Waals surface area contributed by atoms with E-state index in [1.54, 1.807) is 4.90 Å². The van der Waals surface area contributed by atoms with E-state index in [1.165, 1.54) is 7.11 Å². The average molecular weight is 199 g/mol. The van der Waals surface area contributed by atoms with Crippen LogP contribution < -0.4 is 0 Å². The van der Waals surface area contributed by atoms with Gasteiger partial charge in [0.2, 0.25) is 5.91 Å². The average Bonchev–Trinajstić information content (AvgIpc) is 2.57. The Labute approximate surface area is 84.2 Å². The number of carbonyl (C=O) groups is 2. The van der Waals surface area contributed by atoms with Crippen molar-refractivity contribution in [2.75, 3.05) is 13.7 Å². The van der Waals surface area contributed by atoms with E-state index in [0.717, 1.165) is 6.42 Å². The number of likely N-dealkylation sites (tertiary alicyclic amines) is 1. The SMILES string of the molecule is CCN1C(=O)CCC1C(C)C(=O)OC. The first-order chi connectivity index (χ1) is 6.61. The van der Waals surface area contributed by atoms with Crippen molar-refractivity contribution in [2.45, 2.75) is 32.7 Å². The summed E-state index contributed by atoms with van der Waals surface area (Å²) in [6.07, 6.45) is 1.32. The molecule has 0 bridgehead atoms. The second kappa shape index (κ2) is 4.44. The summed E-state index contributed by atoms with van der Waals surface area (Å²) in [6, 6.07) is 0.0277. The summed E-state index contributed by atoms with van der Waals surface area (Å²) >= 11 is 0. The van der Waals surface area contributed by atoms with E-state index < -0.39 is 0 Å². The van der Waals surface area contributed by atoms with Crippen LogP contribution in [0.5, 0.6) is 0 Å². The first-order valence-electron chi connectivity index (χ1n) is 4.99. The van der Waals surface area contributed by atoms with E-state index in [2.05, 4.69) is 4.74 Å². The molecule has 2 atom stereocenters. The van der Waals surface area contributed by atoms with Crippen molar-refractivity contribution in [3.05, 3.63) is 0 Å². The molecular formula is C10H17NO3. The molecule has 0 aromatic carbocycles. The predicted molar refractivity (Wildman–Crippen MR) is 51.6 cm³/mol. The summed E-state index contributed by atoms with van der Waals surface area (Å²) in [6.45, 7) is 4.42. The van der Waals surface area contributed by atoms with Crippen molar-refractivity contribution >= 4 is 11.9 Å². The molecule has 0 N–H and O–H groups in total.